The lowest BCUT2D eigenvalue weighted by atomic mass is 9.89. The van der Waals surface area contributed by atoms with Crippen LogP contribution < -0.4 is 15.5 Å². The van der Waals surface area contributed by atoms with Gasteiger partial charge in [-0.05, 0) is 61.1 Å². The summed E-state index contributed by atoms with van der Waals surface area (Å²) in [6.45, 7) is 5.03. The molecule has 3 aromatic rings. The van der Waals surface area contributed by atoms with Crippen LogP contribution in [0.25, 0.3) is 0 Å². The smallest absolute Gasteiger partial charge is 0.232 e. The Hall–Kier alpha value is -3.70. The van der Waals surface area contributed by atoms with Crippen molar-refractivity contribution in [2.75, 3.05) is 28.6 Å². The molecule has 1 saturated heterocycles. The number of carbonyl (C=O) groups excluding carboxylic acids is 1. The van der Waals surface area contributed by atoms with Crippen molar-refractivity contribution in [3.63, 3.8) is 0 Å². The van der Waals surface area contributed by atoms with E-state index in [4.69, 9.17) is 16.9 Å². The van der Waals surface area contributed by atoms with Gasteiger partial charge in [0.2, 0.25) is 17.8 Å². The van der Waals surface area contributed by atoms with Gasteiger partial charge in [-0.1, -0.05) is 23.7 Å². The molecular formula is C24H24ClN7O. The molecule has 1 aromatic heterocycles. The maximum absolute atomic E-state index is 11.4. The molecule has 9 heteroatoms. The molecule has 0 unspecified atom stereocenters. The first-order valence-corrected chi connectivity index (χ1v) is 11.1. The predicted octanol–water partition coefficient (Wildman–Crippen LogP) is 4.79. The molecule has 0 radical (unpaired) electrons. The topological polar surface area (TPSA) is 107 Å². The fourth-order valence-electron chi connectivity index (χ4n) is 4.01. The van der Waals surface area contributed by atoms with Gasteiger partial charge in [-0.3, -0.25) is 4.79 Å². The van der Waals surface area contributed by atoms with E-state index in [1.807, 2.05) is 37.3 Å². The predicted molar refractivity (Wildman–Crippen MR) is 129 cm³/mol. The number of benzene rings is 2. The summed E-state index contributed by atoms with van der Waals surface area (Å²) in [6.07, 6.45) is 3.38. The molecule has 2 N–H and O–H groups in total. The number of nitriles is 1. The molecule has 0 spiro atoms. The number of anilines is 4. The molecule has 1 amide bonds. The number of nitrogens with zero attached hydrogens (tertiary/aromatic N) is 5. The summed E-state index contributed by atoms with van der Waals surface area (Å²) in [6, 6.07) is 13.4. The van der Waals surface area contributed by atoms with E-state index in [9.17, 15) is 4.79 Å². The summed E-state index contributed by atoms with van der Waals surface area (Å²) >= 11 is 6.22. The number of amides is 1. The van der Waals surface area contributed by atoms with Gasteiger partial charge in [-0.25, -0.2) is 9.97 Å². The minimum Gasteiger partial charge on any atom is -0.341 e. The van der Waals surface area contributed by atoms with Gasteiger partial charge in [0, 0.05) is 31.4 Å². The lowest BCUT2D eigenvalue weighted by molar-refractivity contribution is -0.114. The van der Waals surface area contributed by atoms with E-state index in [1.165, 1.54) is 13.3 Å². The highest BCUT2D eigenvalue weighted by Gasteiger charge is 2.23. The average molecular weight is 462 g/mol. The maximum Gasteiger partial charge on any atom is 0.232 e. The quantitative estimate of drug-likeness (QED) is 0.562. The average Bonchev–Trinajstić information content (AvgIpc) is 2.82. The van der Waals surface area contributed by atoms with Crippen molar-refractivity contribution in [3.05, 3.63) is 64.4 Å². The van der Waals surface area contributed by atoms with Gasteiger partial charge in [0.1, 0.15) is 12.4 Å². The second-order valence-corrected chi connectivity index (χ2v) is 8.41. The van der Waals surface area contributed by atoms with Crippen molar-refractivity contribution in [2.24, 2.45) is 0 Å². The van der Waals surface area contributed by atoms with Crippen molar-refractivity contribution >= 4 is 40.8 Å². The molecule has 2 aromatic carbocycles. The zero-order chi connectivity index (χ0) is 23.4. The Labute approximate surface area is 197 Å². The minimum atomic E-state index is -0.121. The highest BCUT2D eigenvalue weighted by Crippen LogP contribution is 2.32. The first-order chi connectivity index (χ1) is 15.9. The number of carbonyl (C=O) groups is 1. The van der Waals surface area contributed by atoms with Crippen LogP contribution in [0.15, 0.2) is 42.7 Å². The number of nitrogens with one attached hydrogen (secondary N) is 2. The van der Waals surface area contributed by atoms with E-state index in [0.717, 1.165) is 48.4 Å². The van der Waals surface area contributed by atoms with Crippen LogP contribution in [-0.2, 0) is 4.79 Å². The van der Waals surface area contributed by atoms with Crippen molar-refractivity contribution < 1.29 is 4.79 Å². The fourth-order valence-corrected chi connectivity index (χ4v) is 4.24. The Morgan fingerprint density at radius 3 is 2.64 bits per heavy atom. The molecule has 0 bridgehead atoms. The number of piperidine rings is 1. The van der Waals surface area contributed by atoms with E-state index in [2.05, 4.69) is 36.6 Å². The maximum atomic E-state index is 11.4. The Morgan fingerprint density at radius 2 is 1.94 bits per heavy atom. The highest BCUT2D eigenvalue weighted by molar-refractivity contribution is 6.31. The third-order valence-electron chi connectivity index (χ3n) is 5.81. The Bertz CT molecular complexity index is 1220. The van der Waals surface area contributed by atoms with E-state index in [0.29, 0.717) is 28.4 Å². The molecule has 0 atom stereocenters. The molecule has 0 aliphatic carbocycles. The van der Waals surface area contributed by atoms with E-state index in [1.54, 1.807) is 6.07 Å². The summed E-state index contributed by atoms with van der Waals surface area (Å²) in [5.41, 5.74) is 4.12. The summed E-state index contributed by atoms with van der Waals surface area (Å²) in [5, 5.41) is 15.6. The highest BCUT2D eigenvalue weighted by atomic mass is 35.5. The molecule has 168 valence electrons. The van der Waals surface area contributed by atoms with Crippen LogP contribution in [0.3, 0.4) is 0 Å². The van der Waals surface area contributed by atoms with Crippen molar-refractivity contribution in [3.8, 4) is 6.07 Å². The largest absolute Gasteiger partial charge is 0.341 e. The summed E-state index contributed by atoms with van der Waals surface area (Å²) in [5.74, 6) is 1.33. The zero-order valence-corrected chi connectivity index (χ0v) is 19.2. The van der Waals surface area contributed by atoms with Crippen molar-refractivity contribution in [2.45, 2.75) is 32.6 Å². The van der Waals surface area contributed by atoms with Crippen LogP contribution in [0, 0.1) is 18.3 Å². The molecule has 0 saturated carbocycles. The standard InChI is InChI=1S/C24H24ClN7O/c1-15-21(29-16(2)33)4-3-5-22(15)30-23-27-14-28-24(31-23)32-10-8-17(9-11-32)18-6-7-19(13-26)20(25)12-18/h3-7,12,14,17H,8-11H2,1-2H3,(H,29,33)(H,27,28,30,31). The zero-order valence-electron chi connectivity index (χ0n) is 18.5. The molecular weight excluding hydrogens is 438 g/mol. The lowest BCUT2D eigenvalue weighted by Crippen LogP contribution is -2.34. The summed E-state index contributed by atoms with van der Waals surface area (Å²) in [7, 11) is 0. The molecule has 8 nitrogen and oxygen atoms in total. The third-order valence-corrected chi connectivity index (χ3v) is 6.13. The Morgan fingerprint density at radius 1 is 1.18 bits per heavy atom. The van der Waals surface area contributed by atoms with Crippen LogP contribution in [0.4, 0.5) is 23.3 Å². The first kappa shape index (κ1) is 22.5. The van der Waals surface area contributed by atoms with Crippen LogP contribution in [-0.4, -0.2) is 33.9 Å². The van der Waals surface area contributed by atoms with Crippen LogP contribution >= 0.6 is 11.6 Å². The van der Waals surface area contributed by atoms with Gasteiger partial charge in [0.05, 0.1) is 10.6 Å². The first-order valence-electron chi connectivity index (χ1n) is 10.7. The van der Waals surface area contributed by atoms with Gasteiger partial charge in [0.25, 0.3) is 0 Å². The SMILES string of the molecule is CC(=O)Nc1cccc(Nc2ncnc(N3CCC(c4ccc(C#N)c(Cl)c4)CC3)n2)c1C. The Kier molecular flexibility index (Phi) is 6.71. The van der Waals surface area contributed by atoms with Crippen LogP contribution in [0.5, 0.6) is 0 Å². The van der Waals surface area contributed by atoms with E-state index in [-0.39, 0.29) is 5.91 Å². The number of hydrogen-bond donors (Lipinski definition) is 2. The van der Waals surface area contributed by atoms with E-state index >= 15 is 0 Å². The second-order valence-electron chi connectivity index (χ2n) is 8.01. The molecule has 4 rings (SSSR count). The Balaban J connectivity index is 1.44. The molecule has 1 fully saturated rings. The molecule has 2 heterocycles. The van der Waals surface area contributed by atoms with E-state index < -0.39 is 0 Å². The van der Waals surface area contributed by atoms with Gasteiger partial charge in [0.15, 0.2) is 0 Å². The third kappa shape index (κ3) is 5.21. The van der Waals surface area contributed by atoms with Gasteiger partial charge in [-0.2, -0.15) is 10.2 Å². The van der Waals surface area contributed by atoms with Crippen LogP contribution in [0.2, 0.25) is 5.02 Å². The molecule has 33 heavy (non-hydrogen) atoms. The fraction of sp³-hybridized carbons (Fsp3) is 0.292. The normalized spacial score (nSPS) is 13.9. The van der Waals surface area contributed by atoms with Gasteiger partial charge < -0.3 is 15.5 Å². The van der Waals surface area contributed by atoms with Crippen LogP contribution in [0.1, 0.15) is 42.4 Å². The summed E-state index contributed by atoms with van der Waals surface area (Å²) < 4.78 is 0. The summed E-state index contributed by atoms with van der Waals surface area (Å²) in [4.78, 5) is 26.8. The molecule has 1 aliphatic heterocycles. The number of hydrogen-bond acceptors (Lipinski definition) is 7. The number of aromatic nitrogens is 3. The number of halogens is 1. The molecule has 1 aliphatic rings. The second kappa shape index (κ2) is 9.84. The van der Waals surface area contributed by atoms with Gasteiger partial charge in [-0.15, -0.1) is 0 Å². The minimum absolute atomic E-state index is 0.121. The number of rotatable bonds is 5. The van der Waals surface area contributed by atoms with Gasteiger partial charge >= 0.3 is 0 Å². The lowest BCUT2D eigenvalue weighted by Gasteiger charge is -2.32. The monoisotopic (exact) mass is 461 g/mol. The van der Waals surface area contributed by atoms with Crippen molar-refractivity contribution in [1.82, 2.24) is 15.0 Å². The van der Waals surface area contributed by atoms with Crippen molar-refractivity contribution in [1.29, 1.82) is 5.26 Å².